The first-order chi connectivity index (χ1) is 12.9. The van der Waals surface area contributed by atoms with Gasteiger partial charge in [-0.25, -0.2) is 9.97 Å². The highest BCUT2D eigenvalue weighted by molar-refractivity contribution is 5.93. The number of rotatable bonds is 4. The highest BCUT2D eigenvalue weighted by Crippen LogP contribution is 2.40. The molecule has 4 rings (SSSR count). The molecular formula is C20H28N6O. The van der Waals surface area contributed by atoms with Gasteiger partial charge in [-0.05, 0) is 58.6 Å². The van der Waals surface area contributed by atoms with Crippen molar-refractivity contribution >= 4 is 11.9 Å². The third-order valence-corrected chi connectivity index (χ3v) is 5.18. The summed E-state index contributed by atoms with van der Waals surface area (Å²) in [7, 11) is 0. The minimum Gasteiger partial charge on any atom is -0.346 e. The van der Waals surface area contributed by atoms with Gasteiger partial charge in [0.1, 0.15) is 5.69 Å². The van der Waals surface area contributed by atoms with Crippen LogP contribution in [-0.4, -0.2) is 44.8 Å². The van der Waals surface area contributed by atoms with Crippen LogP contribution in [0.4, 0.5) is 5.95 Å². The van der Waals surface area contributed by atoms with Gasteiger partial charge in [0.25, 0.3) is 5.91 Å². The molecule has 2 aromatic heterocycles. The van der Waals surface area contributed by atoms with E-state index < -0.39 is 0 Å². The molecule has 1 amide bonds. The zero-order valence-electron chi connectivity index (χ0n) is 16.4. The van der Waals surface area contributed by atoms with E-state index in [0.29, 0.717) is 11.6 Å². The van der Waals surface area contributed by atoms with Crippen LogP contribution in [0.3, 0.4) is 0 Å². The molecule has 7 heteroatoms. The van der Waals surface area contributed by atoms with E-state index in [1.165, 1.54) is 12.8 Å². The average Bonchev–Trinajstić information content (AvgIpc) is 3.39. The first-order valence-electron chi connectivity index (χ1n) is 9.85. The van der Waals surface area contributed by atoms with Crippen molar-refractivity contribution in [1.29, 1.82) is 0 Å². The standard InChI is InChI=1S/C20H28N6O/c1-20(2,3)26-17(12-16(24-26)14-7-8-14)18(27)23-15-6-4-11-25(13-15)19-21-9-5-10-22-19/h5,9-10,12,14-15H,4,6-8,11,13H2,1-3H3,(H,23,27). The fraction of sp³-hybridized carbons (Fsp3) is 0.600. The molecule has 2 fully saturated rings. The summed E-state index contributed by atoms with van der Waals surface area (Å²) in [6.45, 7) is 7.91. The normalized spacial score (nSPS) is 20.6. The molecule has 2 aliphatic rings. The van der Waals surface area contributed by atoms with Crippen molar-refractivity contribution < 1.29 is 4.79 Å². The maximum absolute atomic E-state index is 13.1. The molecule has 0 bridgehead atoms. The second-order valence-corrected chi connectivity index (χ2v) is 8.62. The molecule has 144 valence electrons. The van der Waals surface area contributed by atoms with Gasteiger partial charge in [0.15, 0.2) is 0 Å². The van der Waals surface area contributed by atoms with Crippen molar-refractivity contribution in [3.8, 4) is 0 Å². The number of hydrogen-bond donors (Lipinski definition) is 1. The Labute approximate surface area is 160 Å². The third-order valence-electron chi connectivity index (χ3n) is 5.18. The predicted molar refractivity (Wildman–Crippen MR) is 104 cm³/mol. The van der Waals surface area contributed by atoms with Gasteiger partial charge in [-0.2, -0.15) is 5.10 Å². The summed E-state index contributed by atoms with van der Waals surface area (Å²) < 4.78 is 1.89. The number of hydrogen-bond acceptors (Lipinski definition) is 5. The number of carbonyl (C=O) groups is 1. The Kier molecular flexibility index (Phi) is 4.61. The molecule has 1 saturated carbocycles. The first kappa shape index (κ1) is 17.9. The van der Waals surface area contributed by atoms with Gasteiger partial charge in [0, 0.05) is 37.4 Å². The predicted octanol–water partition coefficient (Wildman–Crippen LogP) is 2.70. The number of carbonyl (C=O) groups excluding carboxylic acids is 1. The molecule has 0 spiro atoms. The van der Waals surface area contributed by atoms with Crippen LogP contribution < -0.4 is 10.2 Å². The van der Waals surface area contributed by atoms with Crippen LogP contribution in [0.25, 0.3) is 0 Å². The molecule has 2 aromatic rings. The Morgan fingerprint density at radius 1 is 1.19 bits per heavy atom. The Balaban J connectivity index is 1.49. The summed E-state index contributed by atoms with van der Waals surface area (Å²) in [5, 5.41) is 7.97. The van der Waals surface area contributed by atoms with Gasteiger partial charge in [-0.1, -0.05) is 0 Å². The van der Waals surface area contributed by atoms with Gasteiger partial charge >= 0.3 is 0 Å². The van der Waals surface area contributed by atoms with Crippen molar-refractivity contribution in [1.82, 2.24) is 25.1 Å². The Morgan fingerprint density at radius 2 is 1.93 bits per heavy atom. The minimum atomic E-state index is -0.226. The highest BCUT2D eigenvalue weighted by atomic mass is 16.2. The van der Waals surface area contributed by atoms with Gasteiger partial charge in [0.05, 0.1) is 11.2 Å². The molecule has 7 nitrogen and oxygen atoms in total. The topological polar surface area (TPSA) is 75.9 Å². The molecule has 1 saturated heterocycles. The Hall–Kier alpha value is -2.44. The molecule has 1 unspecified atom stereocenters. The molecule has 1 aliphatic carbocycles. The fourth-order valence-corrected chi connectivity index (χ4v) is 3.64. The number of nitrogens with one attached hydrogen (secondary N) is 1. The number of amides is 1. The van der Waals surface area contributed by atoms with Crippen molar-refractivity contribution in [2.45, 2.75) is 64.0 Å². The van der Waals surface area contributed by atoms with Crippen LogP contribution in [0.15, 0.2) is 24.5 Å². The minimum absolute atomic E-state index is 0.0369. The molecule has 27 heavy (non-hydrogen) atoms. The fourth-order valence-electron chi connectivity index (χ4n) is 3.64. The van der Waals surface area contributed by atoms with E-state index in [9.17, 15) is 4.79 Å². The van der Waals surface area contributed by atoms with Crippen LogP contribution >= 0.6 is 0 Å². The van der Waals surface area contributed by atoms with Crippen LogP contribution in [0.5, 0.6) is 0 Å². The lowest BCUT2D eigenvalue weighted by molar-refractivity contribution is 0.0914. The van der Waals surface area contributed by atoms with E-state index in [4.69, 9.17) is 5.10 Å². The number of anilines is 1. The summed E-state index contributed by atoms with van der Waals surface area (Å²) in [6.07, 6.45) is 7.84. The van der Waals surface area contributed by atoms with Crippen molar-refractivity contribution in [3.05, 3.63) is 35.9 Å². The Morgan fingerprint density at radius 3 is 2.59 bits per heavy atom. The summed E-state index contributed by atoms with van der Waals surface area (Å²) >= 11 is 0. The number of nitrogens with zero attached hydrogens (tertiary/aromatic N) is 5. The van der Waals surface area contributed by atoms with Gasteiger partial charge in [0.2, 0.25) is 5.95 Å². The molecular weight excluding hydrogens is 340 g/mol. The van der Waals surface area contributed by atoms with Gasteiger partial charge in [-0.3, -0.25) is 9.48 Å². The third kappa shape index (κ3) is 3.96. The number of aromatic nitrogens is 4. The van der Waals surface area contributed by atoms with E-state index in [-0.39, 0.29) is 17.5 Å². The maximum atomic E-state index is 13.1. The largest absolute Gasteiger partial charge is 0.346 e. The van der Waals surface area contributed by atoms with Crippen molar-refractivity contribution in [2.24, 2.45) is 0 Å². The molecule has 3 heterocycles. The SMILES string of the molecule is CC(C)(C)n1nc(C2CC2)cc1C(=O)NC1CCCN(c2ncccn2)C1. The van der Waals surface area contributed by atoms with Gasteiger partial charge < -0.3 is 10.2 Å². The van der Waals surface area contributed by atoms with Crippen LogP contribution in [0, 0.1) is 0 Å². The highest BCUT2D eigenvalue weighted by Gasteiger charge is 2.32. The van der Waals surface area contributed by atoms with E-state index in [1.54, 1.807) is 12.4 Å². The summed E-state index contributed by atoms with van der Waals surface area (Å²) in [5.74, 6) is 1.22. The second kappa shape index (κ2) is 6.94. The monoisotopic (exact) mass is 368 g/mol. The second-order valence-electron chi connectivity index (χ2n) is 8.62. The van der Waals surface area contributed by atoms with Crippen molar-refractivity contribution in [2.75, 3.05) is 18.0 Å². The smallest absolute Gasteiger partial charge is 0.269 e. The quantitative estimate of drug-likeness (QED) is 0.898. The van der Waals surface area contributed by atoms with E-state index in [0.717, 1.165) is 37.6 Å². The lowest BCUT2D eigenvalue weighted by Crippen LogP contribution is -2.49. The van der Waals surface area contributed by atoms with E-state index in [2.05, 4.69) is 41.0 Å². The Bertz CT molecular complexity index is 806. The molecule has 1 atom stereocenters. The lowest BCUT2D eigenvalue weighted by Gasteiger charge is -2.33. The van der Waals surface area contributed by atoms with Gasteiger partial charge in [-0.15, -0.1) is 0 Å². The molecule has 1 N–H and O–H groups in total. The zero-order valence-corrected chi connectivity index (χ0v) is 16.4. The van der Waals surface area contributed by atoms with Crippen LogP contribution in [-0.2, 0) is 5.54 Å². The van der Waals surface area contributed by atoms with Crippen molar-refractivity contribution in [3.63, 3.8) is 0 Å². The summed E-state index contributed by atoms with van der Waals surface area (Å²) in [4.78, 5) is 23.9. The zero-order chi connectivity index (χ0) is 19.0. The van der Waals surface area contributed by atoms with Crippen LogP contribution in [0.2, 0.25) is 0 Å². The lowest BCUT2D eigenvalue weighted by atomic mass is 10.1. The summed E-state index contributed by atoms with van der Waals surface area (Å²) in [6, 6.07) is 3.89. The molecule has 1 aliphatic heterocycles. The van der Waals surface area contributed by atoms with E-state index in [1.807, 2.05) is 16.8 Å². The van der Waals surface area contributed by atoms with Crippen LogP contribution in [0.1, 0.15) is 68.6 Å². The molecule has 0 aromatic carbocycles. The van der Waals surface area contributed by atoms with E-state index >= 15 is 0 Å². The maximum Gasteiger partial charge on any atom is 0.269 e. The average molecular weight is 368 g/mol. The first-order valence-corrected chi connectivity index (χ1v) is 9.85. The number of piperidine rings is 1. The molecule has 0 radical (unpaired) electrons. The summed E-state index contributed by atoms with van der Waals surface area (Å²) in [5.41, 5.74) is 1.49.